The van der Waals surface area contributed by atoms with Crippen LogP contribution in [-0.2, 0) is 11.3 Å². The lowest BCUT2D eigenvalue weighted by molar-refractivity contribution is -0.274. The van der Waals surface area contributed by atoms with Crippen LogP contribution >= 0.6 is 0 Å². The van der Waals surface area contributed by atoms with Gasteiger partial charge in [0.2, 0.25) is 5.91 Å². The van der Waals surface area contributed by atoms with E-state index in [9.17, 15) is 22.8 Å². The fourth-order valence-corrected chi connectivity index (χ4v) is 3.32. The lowest BCUT2D eigenvalue weighted by Gasteiger charge is -2.28. The molecular formula is C21H21F3N2O3. The predicted octanol–water partition coefficient (Wildman–Crippen LogP) is 4.59. The molecule has 0 aliphatic carbocycles. The van der Waals surface area contributed by atoms with Gasteiger partial charge in [0, 0.05) is 17.8 Å². The Balaban J connectivity index is 1.74. The highest BCUT2D eigenvalue weighted by Crippen LogP contribution is 2.28. The number of rotatable bonds is 6. The van der Waals surface area contributed by atoms with Gasteiger partial charge in [0.25, 0.3) is 5.91 Å². The summed E-state index contributed by atoms with van der Waals surface area (Å²) < 4.78 is 40.6. The van der Waals surface area contributed by atoms with Gasteiger partial charge in [-0.25, -0.2) is 0 Å². The van der Waals surface area contributed by atoms with Crippen molar-refractivity contribution in [3.8, 4) is 5.75 Å². The van der Waals surface area contributed by atoms with Crippen molar-refractivity contribution in [2.75, 3.05) is 5.32 Å². The van der Waals surface area contributed by atoms with Crippen LogP contribution in [0.4, 0.5) is 18.9 Å². The van der Waals surface area contributed by atoms with Gasteiger partial charge in [0.05, 0.1) is 0 Å². The second kappa shape index (κ2) is 8.14. The van der Waals surface area contributed by atoms with Crippen molar-refractivity contribution in [3.05, 3.63) is 59.7 Å². The lowest BCUT2D eigenvalue weighted by atomic mass is 10.0. The number of alkyl halides is 3. The number of fused-ring (bicyclic) bond motifs is 1. The van der Waals surface area contributed by atoms with E-state index in [4.69, 9.17) is 0 Å². The van der Waals surface area contributed by atoms with Gasteiger partial charge in [-0.3, -0.25) is 9.59 Å². The van der Waals surface area contributed by atoms with Crippen LogP contribution in [0, 0.1) is 5.92 Å². The molecule has 154 valence electrons. The Labute approximate surface area is 166 Å². The Hall–Kier alpha value is -3.03. The molecule has 5 nitrogen and oxygen atoms in total. The molecule has 29 heavy (non-hydrogen) atoms. The number of anilines is 1. The van der Waals surface area contributed by atoms with Gasteiger partial charge in [0.15, 0.2) is 0 Å². The molecule has 0 unspecified atom stereocenters. The zero-order valence-corrected chi connectivity index (χ0v) is 16.0. The average Bonchev–Trinajstić information content (AvgIpc) is 2.97. The molecule has 1 heterocycles. The average molecular weight is 406 g/mol. The number of carbonyl (C=O) groups is 2. The minimum atomic E-state index is -4.78. The van der Waals surface area contributed by atoms with Crippen LogP contribution in [0.3, 0.4) is 0 Å². The van der Waals surface area contributed by atoms with Crippen molar-refractivity contribution in [1.29, 1.82) is 0 Å². The number of nitrogens with one attached hydrogen (secondary N) is 1. The van der Waals surface area contributed by atoms with Crippen molar-refractivity contribution in [2.24, 2.45) is 5.92 Å². The zero-order valence-electron chi connectivity index (χ0n) is 16.0. The Morgan fingerprint density at radius 2 is 1.79 bits per heavy atom. The van der Waals surface area contributed by atoms with Crippen molar-refractivity contribution >= 4 is 17.5 Å². The van der Waals surface area contributed by atoms with Gasteiger partial charge in [-0.05, 0) is 48.2 Å². The monoisotopic (exact) mass is 406 g/mol. The maximum atomic E-state index is 12.9. The maximum Gasteiger partial charge on any atom is 0.573 e. The van der Waals surface area contributed by atoms with Crippen molar-refractivity contribution in [2.45, 2.75) is 39.2 Å². The SMILES string of the molecule is CC(C)C[C@H](C(=O)Nc1ccc(OC(F)(F)F)cc1)N1Cc2ccccc2C1=O. The topological polar surface area (TPSA) is 58.6 Å². The summed E-state index contributed by atoms with van der Waals surface area (Å²) in [7, 11) is 0. The summed E-state index contributed by atoms with van der Waals surface area (Å²) in [5.74, 6) is -0.802. The Morgan fingerprint density at radius 3 is 2.38 bits per heavy atom. The first kappa shape index (κ1) is 20.7. The molecular weight excluding hydrogens is 385 g/mol. The molecule has 1 N–H and O–H groups in total. The third kappa shape index (κ3) is 5.07. The number of benzene rings is 2. The number of ether oxygens (including phenoxy) is 1. The molecule has 1 aliphatic heterocycles. The van der Waals surface area contributed by atoms with Crippen LogP contribution in [-0.4, -0.2) is 29.1 Å². The van der Waals surface area contributed by atoms with Crippen LogP contribution in [0.25, 0.3) is 0 Å². The molecule has 0 aromatic heterocycles. The van der Waals surface area contributed by atoms with Gasteiger partial charge in [-0.1, -0.05) is 32.0 Å². The third-order valence-electron chi connectivity index (χ3n) is 4.58. The summed E-state index contributed by atoms with van der Waals surface area (Å²) >= 11 is 0. The second-order valence-corrected chi connectivity index (χ2v) is 7.30. The summed E-state index contributed by atoms with van der Waals surface area (Å²) in [6.45, 7) is 4.26. The molecule has 2 aromatic carbocycles. The number of carbonyl (C=O) groups excluding carboxylic acids is 2. The highest BCUT2D eigenvalue weighted by Gasteiger charge is 2.36. The first-order valence-electron chi connectivity index (χ1n) is 9.19. The van der Waals surface area contributed by atoms with Crippen molar-refractivity contribution in [1.82, 2.24) is 4.90 Å². The van der Waals surface area contributed by atoms with Crippen LogP contribution < -0.4 is 10.1 Å². The number of hydrogen-bond donors (Lipinski definition) is 1. The highest BCUT2D eigenvalue weighted by molar-refractivity contribution is 6.03. The summed E-state index contributed by atoms with van der Waals surface area (Å²) in [4.78, 5) is 27.2. The van der Waals surface area contributed by atoms with Crippen LogP contribution in [0.15, 0.2) is 48.5 Å². The van der Waals surface area contributed by atoms with E-state index in [2.05, 4.69) is 10.1 Å². The molecule has 3 rings (SSSR count). The molecule has 0 saturated heterocycles. The van der Waals surface area contributed by atoms with E-state index < -0.39 is 12.4 Å². The van der Waals surface area contributed by atoms with Gasteiger partial charge >= 0.3 is 6.36 Å². The van der Waals surface area contributed by atoms with Gasteiger partial charge in [-0.2, -0.15) is 0 Å². The quantitative estimate of drug-likeness (QED) is 0.763. The molecule has 0 spiro atoms. The van der Waals surface area contributed by atoms with E-state index in [0.29, 0.717) is 24.2 Å². The number of amides is 2. The van der Waals surface area contributed by atoms with Crippen LogP contribution in [0.5, 0.6) is 5.75 Å². The lowest BCUT2D eigenvalue weighted by Crippen LogP contribution is -2.45. The molecule has 0 radical (unpaired) electrons. The van der Waals surface area contributed by atoms with Crippen LogP contribution in [0.1, 0.15) is 36.2 Å². The molecule has 0 saturated carbocycles. The fraction of sp³-hybridized carbons (Fsp3) is 0.333. The molecule has 2 aromatic rings. The van der Waals surface area contributed by atoms with E-state index in [1.54, 1.807) is 17.0 Å². The molecule has 8 heteroatoms. The number of hydrogen-bond acceptors (Lipinski definition) is 3. The van der Waals surface area contributed by atoms with Crippen molar-refractivity contribution in [3.63, 3.8) is 0 Å². The number of halogens is 3. The first-order chi connectivity index (χ1) is 13.6. The molecule has 1 aliphatic rings. The minimum Gasteiger partial charge on any atom is -0.406 e. The normalized spacial score (nSPS) is 14.7. The van der Waals surface area contributed by atoms with Crippen molar-refractivity contribution < 1.29 is 27.5 Å². The van der Waals surface area contributed by atoms with E-state index in [1.807, 2.05) is 26.0 Å². The smallest absolute Gasteiger partial charge is 0.406 e. The highest BCUT2D eigenvalue weighted by atomic mass is 19.4. The van der Waals surface area contributed by atoms with E-state index in [-0.39, 0.29) is 23.5 Å². The number of nitrogens with zero attached hydrogens (tertiary/aromatic N) is 1. The van der Waals surface area contributed by atoms with E-state index in [1.165, 1.54) is 12.1 Å². The van der Waals surface area contributed by atoms with E-state index in [0.717, 1.165) is 17.7 Å². The first-order valence-corrected chi connectivity index (χ1v) is 9.19. The molecule has 1 atom stereocenters. The molecule has 0 bridgehead atoms. The van der Waals surface area contributed by atoms with Gasteiger partial charge < -0.3 is 15.0 Å². The maximum absolute atomic E-state index is 12.9. The predicted molar refractivity (Wildman–Crippen MR) is 101 cm³/mol. The van der Waals surface area contributed by atoms with Gasteiger partial charge in [0.1, 0.15) is 11.8 Å². The second-order valence-electron chi connectivity index (χ2n) is 7.30. The summed E-state index contributed by atoms with van der Waals surface area (Å²) in [5.41, 5.74) is 1.78. The third-order valence-corrected chi connectivity index (χ3v) is 4.58. The van der Waals surface area contributed by atoms with Crippen LogP contribution in [0.2, 0.25) is 0 Å². The molecule has 2 amide bonds. The Morgan fingerprint density at radius 1 is 1.14 bits per heavy atom. The molecule has 0 fully saturated rings. The summed E-state index contributed by atoms with van der Waals surface area (Å²) in [6, 6.07) is 11.4. The zero-order chi connectivity index (χ0) is 21.2. The standard InChI is InChI=1S/C21H21F3N2O3/c1-13(2)11-18(26-12-14-5-3-4-6-17(14)20(26)28)19(27)25-15-7-9-16(10-8-15)29-21(22,23)24/h3-10,13,18H,11-12H2,1-2H3,(H,25,27)/t18-/m1/s1. The van der Waals surface area contributed by atoms with E-state index >= 15 is 0 Å². The van der Waals surface area contributed by atoms with Gasteiger partial charge in [-0.15, -0.1) is 13.2 Å². The Kier molecular flexibility index (Phi) is 5.81. The fourth-order valence-electron chi connectivity index (χ4n) is 3.32. The Bertz CT molecular complexity index is 895. The largest absolute Gasteiger partial charge is 0.573 e. The summed E-state index contributed by atoms with van der Waals surface area (Å²) in [6.07, 6.45) is -4.32. The summed E-state index contributed by atoms with van der Waals surface area (Å²) in [5, 5.41) is 2.69. The minimum absolute atomic E-state index is 0.157.